The summed E-state index contributed by atoms with van der Waals surface area (Å²) in [6.45, 7) is 0.741. The fourth-order valence-corrected chi connectivity index (χ4v) is 7.41. The van der Waals surface area contributed by atoms with Gasteiger partial charge in [0.2, 0.25) is 12.5 Å². The van der Waals surface area contributed by atoms with Gasteiger partial charge in [-0.05, 0) is 47.9 Å². The van der Waals surface area contributed by atoms with Gasteiger partial charge in [0.05, 0.1) is 11.7 Å². The number of anilines is 2. The standard InChI is InChI=1S/C31H28N8O8S2/c32-31-34-21(15-49-31)23(36-47)26(42)35-24-28(44)39-25(30(45)46)18(14-48-29(24)39)11-17-7-10-38(27(17)43)12-16-5-8-37(9-6-16)13-22(41)33-19-1-3-20(40)4-2-19/h1-6,8-9,11,15,24,29H,7,10,12-14H2,(H6-,32,33,34,35,36,40,41,42,45,46,47)/t24-,29-/m1/s1. The topological polar surface area (TPSA) is 235 Å². The number of thiazole rings is 1. The Morgan fingerprint density at radius 2 is 1.90 bits per heavy atom. The molecule has 2 fully saturated rings. The lowest BCUT2D eigenvalue weighted by atomic mass is 10.0. The van der Waals surface area contributed by atoms with Crippen molar-refractivity contribution in [2.45, 2.75) is 30.9 Å². The van der Waals surface area contributed by atoms with E-state index in [1.54, 1.807) is 46.1 Å². The van der Waals surface area contributed by atoms with E-state index < -0.39 is 34.9 Å². The second-order valence-electron chi connectivity index (χ2n) is 11.2. The molecule has 0 spiro atoms. The number of fused-ring (bicyclic) bond motifs is 1. The van der Waals surface area contributed by atoms with Gasteiger partial charge >= 0.3 is 0 Å². The highest BCUT2D eigenvalue weighted by atomic mass is 32.2. The molecule has 2 saturated heterocycles. The summed E-state index contributed by atoms with van der Waals surface area (Å²) in [7, 11) is 0. The van der Waals surface area contributed by atoms with Crippen LogP contribution in [0, 0.1) is 0 Å². The zero-order valence-electron chi connectivity index (χ0n) is 25.4. The number of nitrogens with zero attached hydrogens (tertiary/aromatic N) is 5. The molecule has 3 aliphatic heterocycles. The van der Waals surface area contributed by atoms with Gasteiger partial charge in [-0.15, -0.1) is 23.1 Å². The zero-order chi connectivity index (χ0) is 34.8. The molecule has 3 aliphatic rings. The molecule has 49 heavy (non-hydrogen) atoms. The van der Waals surface area contributed by atoms with Crippen molar-refractivity contribution in [2.75, 3.05) is 23.3 Å². The van der Waals surface area contributed by atoms with Crippen molar-refractivity contribution in [3.8, 4) is 5.75 Å². The molecule has 6 rings (SSSR count). The molecule has 18 heteroatoms. The van der Waals surface area contributed by atoms with Gasteiger partial charge < -0.3 is 41.5 Å². The number of carbonyl (C=O) groups is 5. The Labute approximate surface area is 286 Å². The van der Waals surface area contributed by atoms with Crippen LogP contribution < -0.4 is 26.0 Å². The van der Waals surface area contributed by atoms with Crippen LogP contribution in [0.2, 0.25) is 0 Å². The monoisotopic (exact) mass is 704 g/mol. The maximum atomic E-state index is 13.3. The summed E-state index contributed by atoms with van der Waals surface area (Å²) < 4.78 is 1.68. The number of nitrogens with one attached hydrogen (secondary N) is 2. The Bertz CT molecular complexity index is 1940. The summed E-state index contributed by atoms with van der Waals surface area (Å²) in [5.74, 6) is -3.49. The molecular formula is C31H28N8O8S2. The number of aromatic hydroxyl groups is 1. The average molecular weight is 705 g/mol. The molecule has 2 aromatic heterocycles. The smallest absolute Gasteiger partial charge is 0.290 e. The van der Waals surface area contributed by atoms with Crippen LogP contribution in [0.5, 0.6) is 5.75 Å². The number of allylic oxidation sites excluding steroid dienone is 1. The van der Waals surface area contributed by atoms with Crippen LogP contribution in [0.15, 0.2) is 82.2 Å². The highest BCUT2D eigenvalue weighted by molar-refractivity contribution is 8.00. The fourth-order valence-electron chi connectivity index (χ4n) is 5.55. The van der Waals surface area contributed by atoms with Gasteiger partial charge in [0, 0.05) is 47.6 Å². The number of carboxylic acid groups (broad SMARTS) is 1. The van der Waals surface area contributed by atoms with Gasteiger partial charge in [0.25, 0.3) is 17.7 Å². The third-order valence-electron chi connectivity index (χ3n) is 7.93. The first-order valence-corrected chi connectivity index (χ1v) is 16.7. The molecular weight excluding hydrogens is 677 g/mol. The number of amides is 4. The van der Waals surface area contributed by atoms with E-state index in [1.807, 2.05) is 0 Å². The number of nitrogen functional groups attached to an aromatic ring is 1. The van der Waals surface area contributed by atoms with E-state index in [0.29, 0.717) is 30.8 Å². The number of hydrogen-bond acceptors (Lipinski definition) is 13. The van der Waals surface area contributed by atoms with Crippen molar-refractivity contribution in [2.24, 2.45) is 5.16 Å². The van der Waals surface area contributed by atoms with E-state index in [4.69, 9.17) is 5.73 Å². The molecule has 6 N–H and O–H groups in total. The number of aromatic nitrogens is 2. The van der Waals surface area contributed by atoms with Crippen LogP contribution >= 0.6 is 23.1 Å². The van der Waals surface area contributed by atoms with Crippen molar-refractivity contribution in [1.29, 1.82) is 0 Å². The number of oxime groups is 1. The molecule has 1 aromatic carbocycles. The van der Waals surface area contributed by atoms with Gasteiger partial charge in [-0.2, -0.15) is 4.57 Å². The first-order chi connectivity index (χ1) is 23.5. The first kappa shape index (κ1) is 33.2. The number of likely N-dealkylation sites (tertiary alicyclic amines) is 1. The molecule has 5 heterocycles. The minimum absolute atomic E-state index is 0.0186. The van der Waals surface area contributed by atoms with E-state index in [1.165, 1.54) is 35.4 Å². The largest absolute Gasteiger partial charge is 0.543 e. The number of carboxylic acids is 1. The normalized spacial score (nSPS) is 19.9. The van der Waals surface area contributed by atoms with E-state index in [-0.39, 0.29) is 52.0 Å². The van der Waals surface area contributed by atoms with Crippen LogP contribution in [0.1, 0.15) is 17.7 Å². The maximum Gasteiger partial charge on any atom is 0.290 e. The SMILES string of the molecule is Nc1nc(/C(=N/O)C(=O)N[C@@H]2C(=O)N3C(C(=O)[O-])=C(C=C4CCN(Cc5cc[n+](CC(=O)Nc6ccc(O)cc6)cc5)C4=O)CS[C@H]23)cs1. The lowest BCUT2D eigenvalue weighted by Gasteiger charge is -2.50. The summed E-state index contributed by atoms with van der Waals surface area (Å²) in [6, 6.07) is 8.62. The van der Waals surface area contributed by atoms with E-state index >= 15 is 0 Å². The van der Waals surface area contributed by atoms with Crippen molar-refractivity contribution in [3.05, 3.63) is 88.3 Å². The summed E-state index contributed by atoms with van der Waals surface area (Å²) in [4.78, 5) is 70.3. The third kappa shape index (κ3) is 6.95. The summed E-state index contributed by atoms with van der Waals surface area (Å²) >= 11 is 2.23. The lowest BCUT2D eigenvalue weighted by Crippen LogP contribution is -2.71. The van der Waals surface area contributed by atoms with Gasteiger partial charge in [0.15, 0.2) is 23.2 Å². The van der Waals surface area contributed by atoms with Crippen LogP contribution in [0.3, 0.4) is 0 Å². The Balaban J connectivity index is 1.08. The van der Waals surface area contributed by atoms with E-state index in [9.17, 15) is 39.4 Å². The van der Waals surface area contributed by atoms with Crippen LogP contribution in [0.25, 0.3) is 0 Å². The van der Waals surface area contributed by atoms with Gasteiger partial charge in [-0.25, -0.2) is 4.98 Å². The summed E-state index contributed by atoms with van der Waals surface area (Å²) in [5, 5.41) is 40.0. The Kier molecular flexibility index (Phi) is 9.32. The molecule has 252 valence electrons. The number of rotatable bonds is 10. The zero-order valence-corrected chi connectivity index (χ0v) is 27.1. The molecule has 0 saturated carbocycles. The number of nitrogens with two attached hydrogens (primary N) is 1. The van der Waals surface area contributed by atoms with E-state index in [2.05, 4.69) is 20.8 Å². The number of benzene rings is 1. The Morgan fingerprint density at radius 1 is 1.16 bits per heavy atom. The van der Waals surface area contributed by atoms with Crippen molar-refractivity contribution >= 4 is 69.2 Å². The molecule has 16 nitrogen and oxygen atoms in total. The van der Waals surface area contributed by atoms with E-state index in [0.717, 1.165) is 21.8 Å². The molecule has 0 radical (unpaired) electrons. The number of carbonyl (C=O) groups excluding carboxylic acids is 5. The van der Waals surface area contributed by atoms with Crippen molar-refractivity contribution in [1.82, 2.24) is 20.1 Å². The van der Waals surface area contributed by atoms with Crippen molar-refractivity contribution in [3.63, 3.8) is 0 Å². The summed E-state index contributed by atoms with van der Waals surface area (Å²) in [6.07, 6.45) is 5.30. The minimum atomic E-state index is -1.59. The quantitative estimate of drug-likeness (QED) is 0.0337. The highest BCUT2D eigenvalue weighted by Crippen LogP contribution is 2.41. The molecule has 0 unspecified atom stereocenters. The fraction of sp³-hybridized carbons (Fsp3) is 0.226. The molecule has 2 atom stereocenters. The highest BCUT2D eigenvalue weighted by Gasteiger charge is 2.53. The van der Waals surface area contributed by atoms with Crippen LogP contribution in [-0.2, 0) is 37.1 Å². The number of thioether (sulfide) groups is 1. The van der Waals surface area contributed by atoms with Crippen LogP contribution in [-0.4, -0.2) is 84.1 Å². The number of phenols is 1. The molecule has 0 aliphatic carbocycles. The molecule has 3 aromatic rings. The number of hydrogen-bond donors (Lipinski definition) is 5. The number of pyridine rings is 1. The average Bonchev–Trinajstić information content (AvgIpc) is 3.66. The second-order valence-corrected chi connectivity index (χ2v) is 13.2. The predicted octanol–water partition coefficient (Wildman–Crippen LogP) is -0.702. The van der Waals surface area contributed by atoms with Gasteiger partial charge in [-0.1, -0.05) is 5.16 Å². The Hall–Kier alpha value is -5.75. The second kappa shape index (κ2) is 13.8. The maximum absolute atomic E-state index is 13.3. The predicted molar refractivity (Wildman–Crippen MR) is 173 cm³/mol. The first-order valence-electron chi connectivity index (χ1n) is 14.7. The Morgan fingerprint density at radius 3 is 2.55 bits per heavy atom. The molecule has 0 bridgehead atoms. The summed E-state index contributed by atoms with van der Waals surface area (Å²) in [5.41, 5.74) is 6.79. The molecule has 4 amide bonds. The number of β-lactam (4-membered cyclic amide) rings is 1. The van der Waals surface area contributed by atoms with Gasteiger partial charge in [-0.3, -0.25) is 24.1 Å². The minimum Gasteiger partial charge on any atom is -0.543 e. The number of phenolic OH excluding ortho intramolecular Hbond substituents is 1. The van der Waals surface area contributed by atoms with Crippen molar-refractivity contribution < 1.29 is 44.0 Å². The van der Waals surface area contributed by atoms with Crippen LogP contribution in [0.4, 0.5) is 10.8 Å². The number of aliphatic carboxylic acids is 1. The van der Waals surface area contributed by atoms with Gasteiger partial charge in [0.1, 0.15) is 22.9 Å². The lowest BCUT2D eigenvalue weighted by molar-refractivity contribution is -0.684. The third-order valence-corrected chi connectivity index (χ3v) is 9.91.